The number of halogens is 1. The van der Waals surface area contributed by atoms with E-state index in [-0.39, 0.29) is 6.42 Å². The van der Waals surface area contributed by atoms with E-state index < -0.39 is 23.9 Å². The van der Waals surface area contributed by atoms with Crippen LogP contribution in [0, 0.1) is 5.82 Å². The highest BCUT2D eigenvalue weighted by Gasteiger charge is 2.13. The van der Waals surface area contributed by atoms with Crippen LogP contribution in [0.3, 0.4) is 0 Å². The molecule has 0 radical (unpaired) electrons. The van der Waals surface area contributed by atoms with Crippen LogP contribution in [-0.2, 0) is 4.79 Å². The van der Waals surface area contributed by atoms with E-state index in [2.05, 4.69) is 10.6 Å². The van der Waals surface area contributed by atoms with Gasteiger partial charge < -0.3 is 15.7 Å². The van der Waals surface area contributed by atoms with Crippen molar-refractivity contribution in [2.45, 2.75) is 25.8 Å². The Bertz CT molecular complexity index is 420. The van der Waals surface area contributed by atoms with E-state index in [1.807, 2.05) is 0 Å². The molecule has 0 aliphatic rings. The highest BCUT2D eigenvalue weighted by Crippen LogP contribution is 2.08. The molecule has 5 nitrogen and oxygen atoms in total. The second-order valence-electron chi connectivity index (χ2n) is 3.81. The summed E-state index contributed by atoms with van der Waals surface area (Å²) >= 11 is 0. The first-order chi connectivity index (χ1) is 8.51. The number of carbonyl (C=O) groups excluding carboxylic acids is 1. The average molecular weight is 254 g/mol. The Morgan fingerprint density at radius 2 is 1.94 bits per heavy atom. The zero-order valence-corrected chi connectivity index (χ0v) is 9.94. The molecule has 0 bridgehead atoms. The zero-order chi connectivity index (χ0) is 13.5. The van der Waals surface area contributed by atoms with Crippen molar-refractivity contribution >= 4 is 17.7 Å². The number of aliphatic carboxylic acids is 1. The van der Waals surface area contributed by atoms with Gasteiger partial charge in [0.15, 0.2) is 0 Å². The summed E-state index contributed by atoms with van der Waals surface area (Å²) in [6.07, 6.45) is 0.385. The van der Waals surface area contributed by atoms with Crippen molar-refractivity contribution in [2.24, 2.45) is 0 Å². The van der Waals surface area contributed by atoms with E-state index in [9.17, 15) is 14.0 Å². The molecule has 18 heavy (non-hydrogen) atoms. The van der Waals surface area contributed by atoms with Crippen LogP contribution in [0.15, 0.2) is 24.3 Å². The summed E-state index contributed by atoms with van der Waals surface area (Å²) in [4.78, 5) is 22.1. The molecule has 1 unspecified atom stereocenters. The summed E-state index contributed by atoms with van der Waals surface area (Å²) in [5.41, 5.74) is 0.444. The molecule has 1 aromatic rings. The van der Waals surface area contributed by atoms with E-state index >= 15 is 0 Å². The third-order valence-electron chi connectivity index (χ3n) is 2.35. The molecule has 0 spiro atoms. The maximum Gasteiger partial charge on any atom is 0.319 e. The van der Waals surface area contributed by atoms with Crippen molar-refractivity contribution < 1.29 is 19.1 Å². The van der Waals surface area contributed by atoms with Crippen LogP contribution in [0.1, 0.15) is 19.8 Å². The van der Waals surface area contributed by atoms with Gasteiger partial charge in [-0.2, -0.15) is 0 Å². The summed E-state index contributed by atoms with van der Waals surface area (Å²) in [6.45, 7) is 1.78. The SMILES string of the molecule is CCC(CC(=O)O)NC(=O)Nc1ccc(F)cc1. The van der Waals surface area contributed by atoms with Crippen LogP contribution < -0.4 is 10.6 Å². The number of benzene rings is 1. The number of amides is 2. The lowest BCUT2D eigenvalue weighted by Gasteiger charge is -2.15. The van der Waals surface area contributed by atoms with Crippen LogP contribution in [0.5, 0.6) is 0 Å². The fourth-order valence-electron chi connectivity index (χ4n) is 1.39. The largest absolute Gasteiger partial charge is 0.481 e. The number of carboxylic acids is 1. The number of rotatable bonds is 5. The Hall–Kier alpha value is -2.11. The van der Waals surface area contributed by atoms with Crippen molar-refractivity contribution in [3.05, 3.63) is 30.1 Å². The van der Waals surface area contributed by atoms with Gasteiger partial charge in [-0.3, -0.25) is 4.79 Å². The van der Waals surface area contributed by atoms with Gasteiger partial charge in [-0.05, 0) is 30.7 Å². The van der Waals surface area contributed by atoms with Crippen LogP contribution in [0.25, 0.3) is 0 Å². The van der Waals surface area contributed by atoms with Gasteiger partial charge in [0.05, 0.1) is 6.42 Å². The number of anilines is 1. The third-order valence-corrected chi connectivity index (χ3v) is 2.35. The third kappa shape index (κ3) is 4.82. The Morgan fingerprint density at radius 1 is 1.33 bits per heavy atom. The predicted octanol–water partition coefficient (Wildman–Crippen LogP) is 2.20. The van der Waals surface area contributed by atoms with Gasteiger partial charge in [0.2, 0.25) is 0 Å². The van der Waals surface area contributed by atoms with E-state index in [4.69, 9.17) is 5.11 Å². The molecule has 0 saturated heterocycles. The van der Waals surface area contributed by atoms with Gasteiger partial charge in [0.1, 0.15) is 5.82 Å². The summed E-state index contributed by atoms with van der Waals surface area (Å²) in [5, 5.41) is 13.7. The number of hydrogen-bond donors (Lipinski definition) is 3. The van der Waals surface area contributed by atoms with Gasteiger partial charge >= 0.3 is 12.0 Å². The second-order valence-corrected chi connectivity index (χ2v) is 3.81. The Morgan fingerprint density at radius 3 is 2.44 bits per heavy atom. The maximum atomic E-state index is 12.6. The van der Waals surface area contributed by atoms with Crippen molar-refractivity contribution in [3.63, 3.8) is 0 Å². The molecule has 0 fully saturated rings. The molecule has 1 rings (SSSR count). The first-order valence-electron chi connectivity index (χ1n) is 5.56. The zero-order valence-electron chi connectivity index (χ0n) is 9.94. The normalized spacial score (nSPS) is 11.7. The molecule has 3 N–H and O–H groups in total. The number of urea groups is 1. The molecule has 1 atom stereocenters. The topological polar surface area (TPSA) is 78.4 Å². The quantitative estimate of drug-likeness (QED) is 0.753. The fraction of sp³-hybridized carbons (Fsp3) is 0.333. The highest BCUT2D eigenvalue weighted by molar-refractivity contribution is 5.89. The van der Waals surface area contributed by atoms with E-state index in [1.54, 1.807) is 6.92 Å². The van der Waals surface area contributed by atoms with E-state index in [0.29, 0.717) is 12.1 Å². The number of carbonyl (C=O) groups is 2. The summed E-state index contributed by atoms with van der Waals surface area (Å²) in [5.74, 6) is -1.36. The molecule has 0 aromatic heterocycles. The minimum Gasteiger partial charge on any atom is -0.481 e. The number of carboxylic acid groups (broad SMARTS) is 1. The Balaban J connectivity index is 2.49. The van der Waals surface area contributed by atoms with Gasteiger partial charge in [-0.1, -0.05) is 6.92 Å². The van der Waals surface area contributed by atoms with Crippen molar-refractivity contribution in [1.29, 1.82) is 0 Å². The number of nitrogens with one attached hydrogen (secondary N) is 2. The molecule has 98 valence electrons. The van der Waals surface area contributed by atoms with Gasteiger partial charge in [0, 0.05) is 11.7 Å². The monoisotopic (exact) mass is 254 g/mol. The Labute approximate surface area is 104 Å². The van der Waals surface area contributed by atoms with Crippen LogP contribution in [0.4, 0.5) is 14.9 Å². The van der Waals surface area contributed by atoms with Crippen LogP contribution in [-0.4, -0.2) is 23.1 Å². The molecule has 0 aliphatic carbocycles. The molecular formula is C12H15FN2O3. The fourth-order valence-corrected chi connectivity index (χ4v) is 1.39. The lowest BCUT2D eigenvalue weighted by atomic mass is 10.1. The van der Waals surface area contributed by atoms with Gasteiger partial charge in [-0.15, -0.1) is 0 Å². The standard InChI is InChI=1S/C12H15FN2O3/c1-2-9(7-11(16)17)14-12(18)15-10-5-3-8(13)4-6-10/h3-6,9H,2,7H2,1H3,(H,16,17)(H2,14,15,18). The van der Waals surface area contributed by atoms with E-state index in [1.165, 1.54) is 24.3 Å². The maximum absolute atomic E-state index is 12.6. The van der Waals surface area contributed by atoms with Crippen molar-refractivity contribution in [1.82, 2.24) is 5.32 Å². The highest BCUT2D eigenvalue weighted by atomic mass is 19.1. The van der Waals surface area contributed by atoms with Gasteiger partial charge in [-0.25, -0.2) is 9.18 Å². The Kier molecular flexibility index (Phi) is 5.10. The molecule has 0 aliphatic heterocycles. The van der Waals surface area contributed by atoms with Crippen LogP contribution in [0.2, 0.25) is 0 Å². The second kappa shape index (κ2) is 6.58. The minimum atomic E-state index is -0.969. The average Bonchev–Trinajstić information content (AvgIpc) is 2.30. The summed E-state index contributed by atoms with van der Waals surface area (Å²) in [7, 11) is 0. The smallest absolute Gasteiger partial charge is 0.319 e. The molecule has 2 amide bonds. The van der Waals surface area contributed by atoms with Crippen molar-refractivity contribution in [3.8, 4) is 0 Å². The molecule has 1 aromatic carbocycles. The molecule has 0 saturated carbocycles. The molecule has 0 heterocycles. The first kappa shape index (κ1) is 14.0. The minimum absolute atomic E-state index is 0.132. The summed E-state index contributed by atoms with van der Waals surface area (Å²) < 4.78 is 12.6. The lowest BCUT2D eigenvalue weighted by Crippen LogP contribution is -2.38. The number of hydrogen-bond acceptors (Lipinski definition) is 2. The first-order valence-corrected chi connectivity index (χ1v) is 5.56. The van der Waals surface area contributed by atoms with Crippen molar-refractivity contribution in [2.75, 3.05) is 5.32 Å². The lowest BCUT2D eigenvalue weighted by molar-refractivity contribution is -0.137. The van der Waals surface area contributed by atoms with E-state index in [0.717, 1.165) is 0 Å². The van der Waals surface area contributed by atoms with Crippen LogP contribution >= 0.6 is 0 Å². The molecular weight excluding hydrogens is 239 g/mol. The predicted molar refractivity (Wildman–Crippen MR) is 64.9 cm³/mol. The molecule has 6 heteroatoms. The summed E-state index contributed by atoms with van der Waals surface area (Å²) in [6, 6.07) is 4.37. The van der Waals surface area contributed by atoms with Gasteiger partial charge in [0.25, 0.3) is 0 Å².